The molecular formula is C18H20N2O. The van der Waals surface area contributed by atoms with Crippen LogP contribution in [0.15, 0.2) is 42.5 Å². The van der Waals surface area contributed by atoms with Crippen molar-refractivity contribution >= 4 is 11.0 Å². The number of aliphatic hydroxyl groups excluding tert-OH is 1. The first-order valence-electron chi connectivity index (χ1n) is 7.22. The van der Waals surface area contributed by atoms with Crippen LogP contribution in [0.4, 0.5) is 0 Å². The molecule has 0 bridgehead atoms. The van der Waals surface area contributed by atoms with Crippen molar-refractivity contribution in [2.75, 3.05) is 0 Å². The molecule has 3 aromatic rings. The molecule has 2 aromatic carbocycles. The number of fused-ring (bicyclic) bond motifs is 1. The fraction of sp³-hybridized carbons (Fsp3) is 0.278. The fourth-order valence-corrected chi connectivity index (χ4v) is 2.80. The van der Waals surface area contributed by atoms with E-state index in [1.54, 1.807) is 0 Å². The first-order chi connectivity index (χ1) is 10.1. The van der Waals surface area contributed by atoms with Crippen LogP contribution < -0.4 is 0 Å². The number of aryl methyl sites for hydroxylation is 2. The number of aromatic nitrogens is 2. The van der Waals surface area contributed by atoms with E-state index in [2.05, 4.69) is 35.5 Å². The van der Waals surface area contributed by atoms with E-state index >= 15 is 0 Å². The normalized spacial score (nSPS) is 12.8. The molecule has 1 unspecified atom stereocenters. The maximum atomic E-state index is 10.6. The summed E-state index contributed by atoms with van der Waals surface area (Å²) < 4.78 is 2.06. The second-order valence-electron chi connectivity index (χ2n) is 5.58. The number of benzene rings is 2. The van der Waals surface area contributed by atoms with Gasteiger partial charge >= 0.3 is 0 Å². The number of rotatable bonds is 3. The Balaban J connectivity index is 1.94. The smallest absolute Gasteiger partial charge is 0.112 e. The molecule has 3 nitrogen and oxygen atoms in total. The van der Waals surface area contributed by atoms with Crippen LogP contribution in [-0.4, -0.2) is 14.7 Å². The number of imidazole rings is 1. The lowest BCUT2D eigenvalue weighted by molar-refractivity contribution is 0.174. The van der Waals surface area contributed by atoms with Gasteiger partial charge in [-0.2, -0.15) is 0 Å². The molecule has 0 amide bonds. The van der Waals surface area contributed by atoms with Crippen LogP contribution in [0.25, 0.3) is 11.0 Å². The minimum atomic E-state index is -0.527. The Kier molecular flexibility index (Phi) is 3.52. The summed E-state index contributed by atoms with van der Waals surface area (Å²) in [6.07, 6.45) is -0.00411. The number of aliphatic hydroxyl groups is 1. The van der Waals surface area contributed by atoms with E-state index in [-0.39, 0.29) is 0 Å². The summed E-state index contributed by atoms with van der Waals surface area (Å²) >= 11 is 0. The number of hydrogen-bond donors (Lipinski definition) is 1. The number of para-hydroxylation sites is 2. The van der Waals surface area contributed by atoms with Crippen molar-refractivity contribution in [1.82, 2.24) is 9.55 Å². The van der Waals surface area contributed by atoms with Gasteiger partial charge in [0.05, 0.1) is 17.1 Å². The van der Waals surface area contributed by atoms with E-state index in [9.17, 15) is 5.11 Å². The molecular weight excluding hydrogens is 260 g/mol. The quantitative estimate of drug-likeness (QED) is 0.797. The Hall–Kier alpha value is -2.13. The van der Waals surface area contributed by atoms with Crippen molar-refractivity contribution in [2.24, 2.45) is 7.05 Å². The fourth-order valence-electron chi connectivity index (χ4n) is 2.80. The highest BCUT2D eigenvalue weighted by Gasteiger charge is 2.16. The predicted molar refractivity (Wildman–Crippen MR) is 85.3 cm³/mol. The summed E-state index contributed by atoms with van der Waals surface area (Å²) in [5, 5.41) is 10.6. The first-order valence-corrected chi connectivity index (χ1v) is 7.22. The highest BCUT2D eigenvalue weighted by molar-refractivity contribution is 5.75. The molecule has 0 saturated heterocycles. The summed E-state index contributed by atoms with van der Waals surface area (Å²) in [6.45, 7) is 4.13. The first kappa shape index (κ1) is 13.8. The molecule has 0 fully saturated rings. The minimum Gasteiger partial charge on any atom is -0.388 e. The Labute approximate surface area is 124 Å². The molecule has 21 heavy (non-hydrogen) atoms. The SMILES string of the molecule is Cc1cccc(C(O)Cc2nc3ccccc3n2C)c1C. The maximum Gasteiger partial charge on any atom is 0.112 e. The van der Waals surface area contributed by atoms with Crippen molar-refractivity contribution < 1.29 is 5.11 Å². The van der Waals surface area contributed by atoms with Crippen LogP contribution in [0, 0.1) is 13.8 Å². The molecule has 0 aliphatic carbocycles. The van der Waals surface area contributed by atoms with Gasteiger partial charge in [-0.15, -0.1) is 0 Å². The Bertz CT molecular complexity index is 789. The van der Waals surface area contributed by atoms with Crippen molar-refractivity contribution in [1.29, 1.82) is 0 Å². The third kappa shape index (κ3) is 2.45. The maximum absolute atomic E-state index is 10.6. The van der Waals surface area contributed by atoms with Crippen molar-refractivity contribution in [3.8, 4) is 0 Å². The van der Waals surface area contributed by atoms with Crippen LogP contribution in [-0.2, 0) is 13.5 Å². The van der Waals surface area contributed by atoms with E-state index in [0.29, 0.717) is 6.42 Å². The molecule has 0 spiro atoms. The average molecular weight is 280 g/mol. The lowest BCUT2D eigenvalue weighted by Crippen LogP contribution is -2.08. The molecule has 1 atom stereocenters. The van der Waals surface area contributed by atoms with E-state index in [0.717, 1.165) is 28.0 Å². The van der Waals surface area contributed by atoms with E-state index in [1.165, 1.54) is 5.56 Å². The second kappa shape index (κ2) is 5.34. The third-order valence-electron chi connectivity index (χ3n) is 4.26. The summed E-state index contributed by atoms with van der Waals surface area (Å²) in [7, 11) is 2.00. The minimum absolute atomic E-state index is 0.523. The van der Waals surface area contributed by atoms with Crippen molar-refractivity contribution in [3.05, 3.63) is 65.0 Å². The van der Waals surface area contributed by atoms with Gasteiger partial charge < -0.3 is 9.67 Å². The Morgan fingerprint density at radius 3 is 2.62 bits per heavy atom. The zero-order valence-corrected chi connectivity index (χ0v) is 12.7. The zero-order valence-electron chi connectivity index (χ0n) is 12.7. The van der Waals surface area contributed by atoms with Gasteiger partial charge in [0.15, 0.2) is 0 Å². The van der Waals surface area contributed by atoms with Crippen LogP contribution in [0.2, 0.25) is 0 Å². The van der Waals surface area contributed by atoms with Gasteiger partial charge in [0, 0.05) is 13.5 Å². The van der Waals surface area contributed by atoms with Gasteiger partial charge in [-0.1, -0.05) is 30.3 Å². The van der Waals surface area contributed by atoms with E-state index < -0.39 is 6.10 Å². The third-order valence-corrected chi connectivity index (χ3v) is 4.26. The van der Waals surface area contributed by atoms with Gasteiger partial charge in [-0.3, -0.25) is 0 Å². The van der Waals surface area contributed by atoms with Gasteiger partial charge in [0.1, 0.15) is 5.82 Å². The van der Waals surface area contributed by atoms with Gasteiger partial charge in [-0.05, 0) is 42.7 Å². The average Bonchev–Trinajstić information content (AvgIpc) is 2.79. The highest BCUT2D eigenvalue weighted by Crippen LogP contribution is 2.24. The monoisotopic (exact) mass is 280 g/mol. The summed E-state index contributed by atoms with van der Waals surface area (Å²) in [5.41, 5.74) is 5.42. The standard InChI is InChI=1S/C18H20N2O/c1-12-7-6-8-14(13(12)2)17(21)11-18-19-15-9-4-5-10-16(15)20(18)3/h4-10,17,21H,11H2,1-3H3. The second-order valence-corrected chi connectivity index (χ2v) is 5.58. The summed E-state index contributed by atoms with van der Waals surface area (Å²) in [4.78, 5) is 4.63. The summed E-state index contributed by atoms with van der Waals surface area (Å²) in [6, 6.07) is 14.1. The number of hydrogen-bond acceptors (Lipinski definition) is 2. The van der Waals surface area contributed by atoms with Gasteiger partial charge in [0.25, 0.3) is 0 Å². The molecule has 0 saturated carbocycles. The van der Waals surface area contributed by atoms with E-state index in [4.69, 9.17) is 0 Å². The molecule has 0 aliphatic heterocycles. The van der Waals surface area contributed by atoms with E-state index in [1.807, 2.05) is 37.4 Å². The summed E-state index contributed by atoms with van der Waals surface area (Å²) in [5.74, 6) is 0.907. The largest absolute Gasteiger partial charge is 0.388 e. The lowest BCUT2D eigenvalue weighted by Gasteiger charge is -2.15. The zero-order chi connectivity index (χ0) is 15.0. The van der Waals surface area contributed by atoms with Crippen LogP contribution in [0.5, 0.6) is 0 Å². The molecule has 108 valence electrons. The van der Waals surface area contributed by atoms with Crippen molar-refractivity contribution in [3.63, 3.8) is 0 Å². The Morgan fingerprint density at radius 1 is 1.10 bits per heavy atom. The molecule has 1 aromatic heterocycles. The van der Waals surface area contributed by atoms with Gasteiger partial charge in [0.2, 0.25) is 0 Å². The topological polar surface area (TPSA) is 38.1 Å². The molecule has 1 heterocycles. The number of nitrogens with zero attached hydrogens (tertiary/aromatic N) is 2. The van der Waals surface area contributed by atoms with Crippen LogP contribution in [0.1, 0.15) is 28.6 Å². The lowest BCUT2D eigenvalue weighted by atomic mass is 9.97. The predicted octanol–water partition coefficient (Wildman–Crippen LogP) is 3.47. The molecule has 1 N–H and O–H groups in total. The molecule has 3 rings (SSSR count). The Morgan fingerprint density at radius 2 is 1.86 bits per heavy atom. The van der Waals surface area contributed by atoms with Crippen LogP contribution in [0.3, 0.4) is 0 Å². The van der Waals surface area contributed by atoms with Gasteiger partial charge in [-0.25, -0.2) is 4.98 Å². The highest BCUT2D eigenvalue weighted by atomic mass is 16.3. The van der Waals surface area contributed by atoms with Crippen LogP contribution >= 0.6 is 0 Å². The molecule has 0 radical (unpaired) electrons. The molecule has 0 aliphatic rings. The van der Waals surface area contributed by atoms with Crippen molar-refractivity contribution in [2.45, 2.75) is 26.4 Å². The molecule has 3 heteroatoms.